The Labute approximate surface area is 197 Å². The molecule has 7 nitrogen and oxygen atoms in total. The third kappa shape index (κ3) is 4.04. The molecule has 2 aromatic heterocycles. The molecule has 1 amide bonds. The van der Waals surface area contributed by atoms with E-state index in [1.807, 2.05) is 12.1 Å². The van der Waals surface area contributed by atoms with E-state index in [2.05, 4.69) is 22.2 Å². The Balaban J connectivity index is 1.54. The number of aromatic amines is 1. The number of H-pyrrole nitrogens is 1. The van der Waals surface area contributed by atoms with Crippen molar-refractivity contribution < 1.29 is 14.3 Å². The van der Waals surface area contributed by atoms with Crippen molar-refractivity contribution in [3.05, 3.63) is 57.5 Å². The smallest absolute Gasteiger partial charge is 0.274 e. The number of carbonyl (C=O) groups is 1. The summed E-state index contributed by atoms with van der Waals surface area (Å²) in [4.78, 5) is 31.1. The minimum absolute atomic E-state index is 0.151. The van der Waals surface area contributed by atoms with E-state index in [4.69, 9.17) is 0 Å². The maximum absolute atomic E-state index is 13.3. The minimum atomic E-state index is -0.462. The van der Waals surface area contributed by atoms with E-state index >= 15 is 0 Å². The Morgan fingerprint density at radius 3 is 2.56 bits per heavy atom. The number of likely N-dealkylation sites (tertiary alicyclic amines) is 1. The van der Waals surface area contributed by atoms with E-state index in [1.54, 1.807) is 11.8 Å². The first kappa shape index (κ1) is 22.8. The lowest BCUT2D eigenvalue weighted by molar-refractivity contribution is 0.0452. The van der Waals surface area contributed by atoms with Crippen LogP contribution in [-0.2, 0) is 0 Å². The molecule has 3 heterocycles. The van der Waals surface area contributed by atoms with Gasteiger partial charge in [-0.3, -0.25) is 14.0 Å². The summed E-state index contributed by atoms with van der Waals surface area (Å²) in [6.45, 7) is 1.77. The molecule has 34 heavy (non-hydrogen) atoms. The third-order valence-electron chi connectivity index (χ3n) is 7.36. The number of carbonyl (C=O) groups excluding carboxylic acids is 1. The summed E-state index contributed by atoms with van der Waals surface area (Å²) in [6.07, 6.45) is 6.28. The van der Waals surface area contributed by atoms with Crippen molar-refractivity contribution in [1.82, 2.24) is 19.5 Å². The van der Waals surface area contributed by atoms with Gasteiger partial charge in [0.2, 0.25) is 0 Å². The van der Waals surface area contributed by atoms with Gasteiger partial charge in [-0.15, -0.1) is 0 Å². The minimum Gasteiger partial charge on any atom is -0.396 e. The van der Waals surface area contributed by atoms with Crippen LogP contribution in [0.3, 0.4) is 0 Å². The fourth-order valence-corrected chi connectivity index (χ4v) is 5.22. The highest BCUT2D eigenvalue weighted by Crippen LogP contribution is 2.33. The second-order valence-electron chi connectivity index (χ2n) is 9.81. The Morgan fingerprint density at radius 2 is 1.91 bits per heavy atom. The Bertz CT molecular complexity index is 1240. The number of hydrogen-bond donors (Lipinski definition) is 2. The molecule has 0 spiro atoms. The summed E-state index contributed by atoms with van der Waals surface area (Å²) in [5.41, 5.74) is 3.39. The van der Waals surface area contributed by atoms with Gasteiger partial charge in [0.1, 0.15) is 5.56 Å². The van der Waals surface area contributed by atoms with E-state index in [0.717, 1.165) is 5.56 Å². The molecule has 0 radical (unpaired) electrons. The summed E-state index contributed by atoms with van der Waals surface area (Å²) >= 11 is 0. The Morgan fingerprint density at radius 1 is 1.21 bits per heavy atom. The fourth-order valence-electron chi connectivity index (χ4n) is 5.22. The van der Waals surface area contributed by atoms with Crippen LogP contribution >= 0.6 is 0 Å². The maximum Gasteiger partial charge on any atom is 0.274 e. The first-order chi connectivity index (χ1) is 16.5. The van der Waals surface area contributed by atoms with Gasteiger partial charge in [-0.25, -0.2) is 0 Å². The number of rotatable bonds is 6. The standard InChI is InChI=1S/C26H31FN4O3/c1-16(15-32)24-23(26(34)30-13-17(12-27)14-30)25-28-21(11-22(33)31(25)29-24)20-9-7-19(8-10-20)18-5-3-2-4-6-18/h7-11,16-18,28,32H,2-6,12-15H2,1H3/t16-/m1/s1. The molecule has 1 aliphatic carbocycles. The maximum atomic E-state index is 13.3. The first-order valence-corrected chi connectivity index (χ1v) is 12.2. The van der Waals surface area contributed by atoms with Crippen molar-refractivity contribution in [2.75, 3.05) is 26.4 Å². The first-order valence-electron chi connectivity index (χ1n) is 12.2. The van der Waals surface area contributed by atoms with Crippen LogP contribution in [0.15, 0.2) is 35.1 Å². The lowest BCUT2D eigenvalue weighted by Gasteiger charge is -2.37. The van der Waals surface area contributed by atoms with Crippen LogP contribution in [0.4, 0.5) is 4.39 Å². The number of aliphatic hydroxyl groups is 1. The van der Waals surface area contributed by atoms with Gasteiger partial charge in [0.25, 0.3) is 11.5 Å². The molecule has 0 bridgehead atoms. The number of aliphatic hydroxyl groups excluding tert-OH is 1. The highest BCUT2D eigenvalue weighted by Gasteiger charge is 2.35. The molecule has 180 valence electrons. The summed E-state index contributed by atoms with van der Waals surface area (Å²) < 4.78 is 14.1. The summed E-state index contributed by atoms with van der Waals surface area (Å²) in [7, 11) is 0. The summed E-state index contributed by atoms with van der Waals surface area (Å²) in [5.74, 6) is -0.282. The SMILES string of the molecule is C[C@H](CO)c1nn2c(=O)cc(-c3ccc(C4CCCCC4)cc3)[nH]c2c1C(=O)N1CC(CF)C1. The molecule has 2 N–H and O–H groups in total. The average molecular weight is 467 g/mol. The van der Waals surface area contributed by atoms with Gasteiger partial charge in [-0.1, -0.05) is 50.5 Å². The highest BCUT2D eigenvalue weighted by molar-refractivity contribution is 6.01. The van der Waals surface area contributed by atoms with Crippen molar-refractivity contribution in [2.24, 2.45) is 5.92 Å². The number of halogens is 1. The van der Waals surface area contributed by atoms with E-state index in [1.165, 1.54) is 48.2 Å². The quantitative estimate of drug-likeness (QED) is 0.577. The van der Waals surface area contributed by atoms with Crippen LogP contribution in [0.1, 0.15) is 72.5 Å². The Kier molecular flexibility index (Phi) is 6.25. The van der Waals surface area contributed by atoms with E-state index in [9.17, 15) is 19.1 Å². The van der Waals surface area contributed by atoms with Crippen LogP contribution in [0.5, 0.6) is 0 Å². The van der Waals surface area contributed by atoms with Gasteiger partial charge in [0.05, 0.1) is 24.7 Å². The molecule has 2 fully saturated rings. The molecular formula is C26H31FN4O3. The Hall–Kier alpha value is -3.00. The second kappa shape index (κ2) is 9.33. The lowest BCUT2D eigenvalue weighted by atomic mass is 9.84. The molecule has 0 unspecified atom stereocenters. The molecule has 1 aromatic carbocycles. The monoisotopic (exact) mass is 466 g/mol. The number of hydrogen-bond acceptors (Lipinski definition) is 4. The molecule has 1 atom stereocenters. The summed E-state index contributed by atoms with van der Waals surface area (Å²) in [5, 5.41) is 14.1. The van der Waals surface area contributed by atoms with Gasteiger partial charge in [0, 0.05) is 31.0 Å². The van der Waals surface area contributed by atoms with Gasteiger partial charge in [0.15, 0.2) is 5.65 Å². The van der Waals surface area contributed by atoms with Gasteiger partial charge >= 0.3 is 0 Å². The van der Waals surface area contributed by atoms with Crippen LogP contribution in [-0.4, -0.2) is 56.9 Å². The predicted octanol–water partition coefficient (Wildman–Crippen LogP) is 3.87. The van der Waals surface area contributed by atoms with Crippen molar-refractivity contribution in [3.63, 3.8) is 0 Å². The van der Waals surface area contributed by atoms with Crippen molar-refractivity contribution in [1.29, 1.82) is 0 Å². The van der Waals surface area contributed by atoms with Crippen LogP contribution < -0.4 is 5.56 Å². The number of fused-ring (bicyclic) bond motifs is 1. The molecule has 1 saturated heterocycles. The van der Waals surface area contributed by atoms with Gasteiger partial charge in [-0.05, 0) is 29.9 Å². The average Bonchev–Trinajstić information content (AvgIpc) is 3.23. The normalized spacial score (nSPS) is 18.3. The van der Waals surface area contributed by atoms with Crippen molar-refractivity contribution in [3.8, 4) is 11.3 Å². The van der Waals surface area contributed by atoms with Crippen LogP contribution in [0, 0.1) is 5.92 Å². The van der Waals surface area contributed by atoms with Gasteiger partial charge < -0.3 is 15.0 Å². The number of nitrogens with zero attached hydrogens (tertiary/aromatic N) is 3. The zero-order chi connectivity index (χ0) is 23.8. The molecular weight excluding hydrogens is 435 g/mol. The molecule has 3 aromatic rings. The molecule has 5 rings (SSSR count). The largest absolute Gasteiger partial charge is 0.396 e. The fraction of sp³-hybridized carbons (Fsp3) is 0.500. The number of nitrogens with one attached hydrogen (secondary N) is 1. The van der Waals surface area contributed by atoms with Crippen LogP contribution in [0.25, 0.3) is 16.9 Å². The predicted molar refractivity (Wildman–Crippen MR) is 128 cm³/mol. The van der Waals surface area contributed by atoms with E-state index < -0.39 is 12.6 Å². The highest BCUT2D eigenvalue weighted by atomic mass is 19.1. The lowest BCUT2D eigenvalue weighted by Crippen LogP contribution is -2.51. The number of alkyl halides is 1. The zero-order valence-electron chi connectivity index (χ0n) is 19.5. The molecule has 1 aliphatic heterocycles. The topological polar surface area (TPSA) is 90.7 Å². The number of benzene rings is 1. The van der Waals surface area contributed by atoms with E-state index in [0.29, 0.717) is 36.0 Å². The molecule has 8 heteroatoms. The van der Waals surface area contributed by atoms with E-state index in [-0.39, 0.29) is 29.6 Å². The van der Waals surface area contributed by atoms with Gasteiger partial charge in [-0.2, -0.15) is 9.61 Å². The number of amides is 1. The zero-order valence-corrected chi connectivity index (χ0v) is 19.5. The van der Waals surface area contributed by atoms with Crippen molar-refractivity contribution >= 4 is 11.6 Å². The third-order valence-corrected chi connectivity index (χ3v) is 7.36. The number of aromatic nitrogens is 3. The van der Waals surface area contributed by atoms with Crippen LogP contribution in [0.2, 0.25) is 0 Å². The van der Waals surface area contributed by atoms with Crippen molar-refractivity contribution in [2.45, 2.75) is 50.9 Å². The molecule has 2 aliphatic rings. The second-order valence-corrected chi connectivity index (χ2v) is 9.81. The summed E-state index contributed by atoms with van der Waals surface area (Å²) in [6, 6.07) is 9.78. The molecule has 1 saturated carbocycles.